The number of thiophene rings is 1. The van der Waals surface area contributed by atoms with Gasteiger partial charge in [-0.25, -0.2) is 4.79 Å². The van der Waals surface area contributed by atoms with Crippen LogP contribution in [0.2, 0.25) is 5.02 Å². The van der Waals surface area contributed by atoms with E-state index in [-0.39, 0.29) is 12.1 Å². The monoisotopic (exact) mass is 487 g/mol. The Hall–Kier alpha value is -3.02. The molecule has 6 heteroatoms. The lowest BCUT2D eigenvalue weighted by atomic mass is 9.95. The highest BCUT2D eigenvalue weighted by atomic mass is 35.5. The number of rotatable bonds is 2. The first kappa shape index (κ1) is 21.5. The maximum Gasteiger partial charge on any atom is 0.322 e. The van der Waals surface area contributed by atoms with Gasteiger partial charge in [0, 0.05) is 27.3 Å². The number of aromatic nitrogens is 1. The third-order valence-corrected chi connectivity index (χ3v) is 8.56. The Morgan fingerprint density at radius 2 is 1.88 bits per heavy atom. The summed E-state index contributed by atoms with van der Waals surface area (Å²) in [6.45, 7) is 2.59. The molecular formula is C28H26ClN3OS. The summed E-state index contributed by atoms with van der Waals surface area (Å²) < 4.78 is 2.30. The van der Waals surface area contributed by atoms with Crippen molar-refractivity contribution in [3.63, 3.8) is 0 Å². The molecule has 0 bridgehead atoms. The Balaban J connectivity index is 1.51. The average molecular weight is 488 g/mol. The van der Waals surface area contributed by atoms with Crippen molar-refractivity contribution < 1.29 is 4.79 Å². The van der Waals surface area contributed by atoms with Gasteiger partial charge in [0.15, 0.2) is 0 Å². The first-order valence-corrected chi connectivity index (χ1v) is 13.0. The maximum absolute atomic E-state index is 13.9. The molecule has 2 amide bonds. The van der Waals surface area contributed by atoms with E-state index in [9.17, 15) is 4.79 Å². The number of halogens is 1. The summed E-state index contributed by atoms with van der Waals surface area (Å²) in [5.74, 6) is 0. The Bertz CT molecular complexity index is 1390. The summed E-state index contributed by atoms with van der Waals surface area (Å²) in [6, 6.07) is 19.7. The van der Waals surface area contributed by atoms with Crippen LogP contribution in [0.3, 0.4) is 0 Å². The summed E-state index contributed by atoms with van der Waals surface area (Å²) in [7, 11) is 0. The quantitative estimate of drug-likeness (QED) is 0.312. The smallest absolute Gasteiger partial charge is 0.310 e. The van der Waals surface area contributed by atoms with E-state index in [0.29, 0.717) is 11.6 Å². The molecule has 6 rings (SSSR count). The van der Waals surface area contributed by atoms with Gasteiger partial charge in [-0.1, -0.05) is 41.9 Å². The van der Waals surface area contributed by atoms with Crippen LogP contribution in [-0.4, -0.2) is 15.5 Å². The molecule has 4 nitrogen and oxygen atoms in total. The molecule has 0 spiro atoms. The highest BCUT2D eigenvalue weighted by molar-refractivity contribution is 7.15. The van der Waals surface area contributed by atoms with Gasteiger partial charge in [0.2, 0.25) is 0 Å². The molecule has 172 valence electrons. The standard InChI is InChI=1S/C28H26ClN3OS/c1-18-8-2-4-12-23(18)30-28(33)32-17-22-21-11-3-5-14-25(21)34-27(22)31-15-7-13-24(31)26(32)19-9-6-10-20(29)16-19/h2,4,6-10,12-13,15-16,26H,3,5,11,14,17H2,1H3,(H,30,33)/t26-/m0/s1. The van der Waals surface area contributed by atoms with Crippen LogP contribution in [0, 0.1) is 6.92 Å². The van der Waals surface area contributed by atoms with Crippen LogP contribution in [0.4, 0.5) is 10.5 Å². The van der Waals surface area contributed by atoms with Crippen LogP contribution in [0.15, 0.2) is 66.9 Å². The molecule has 2 aliphatic rings. The minimum absolute atomic E-state index is 0.101. The fourth-order valence-electron chi connectivity index (χ4n) is 5.31. The number of para-hydroxylation sites is 1. The highest BCUT2D eigenvalue weighted by Crippen LogP contribution is 2.44. The molecule has 1 aliphatic carbocycles. The summed E-state index contributed by atoms with van der Waals surface area (Å²) in [5.41, 5.74) is 6.72. The van der Waals surface area contributed by atoms with Crippen molar-refractivity contribution in [2.45, 2.75) is 45.2 Å². The van der Waals surface area contributed by atoms with E-state index < -0.39 is 0 Å². The van der Waals surface area contributed by atoms with Gasteiger partial charge in [0.25, 0.3) is 0 Å². The second kappa shape index (κ2) is 8.64. The normalized spacial score (nSPS) is 16.9. The number of carbonyl (C=O) groups is 1. The van der Waals surface area contributed by atoms with Gasteiger partial charge in [-0.05, 0) is 79.6 Å². The molecule has 34 heavy (non-hydrogen) atoms. The first-order valence-electron chi connectivity index (χ1n) is 11.8. The summed E-state index contributed by atoms with van der Waals surface area (Å²) in [4.78, 5) is 17.4. The predicted molar refractivity (Wildman–Crippen MR) is 139 cm³/mol. The van der Waals surface area contributed by atoms with Crippen LogP contribution < -0.4 is 5.32 Å². The van der Waals surface area contributed by atoms with Gasteiger partial charge < -0.3 is 14.8 Å². The molecule has 0 fully saturated rings. The van der Waals surface area contributed by atoms with Crippen LogP contribution in [0.5, 0.6) is 0 Å². The molecule has 2 aromatic heterocycles. The van der Waals surface area contributed by atoms with Crippen molar-refractivity contribution in [1.29, 1.82) is 0 Å². The number of benzene rings is 2. The lowest BCUT2D eigenvalue weighted by Crippen LogP contribution is -2.38. The second-order valence-electron chi connectivity index (χ2n) is 9.13. The molecule has 1 aliphatic heterocycles. The van der Waals surface area contributed by atoms with Crippen LogP contribution in [0.1, 0.15) is 51.7 Å². The van der Waals surface area contributed by atoms with E-state index >= 15 is 0 Å². The van der Waals surface area contributed by atoms with E-state index in [1.807, 2.05) is 65.6 Å². The minimum Gasteiger partial charge on any atom is -0.310 e. The molecular weight excluding hydrogens is 462 g/mol. The average Bonchev–Trinajstić information content (AvgIpc) is 3.42. The van der Waals surface area contributed by atoms with Crippen LogP contribution in [-0.2, 0) is 19.4 Å². The lowest BCUT2D eigenvalue weighted by molar-refractivity contribution is 0.194. The predicted octanol–water partition coefficient (Wildman–Crippen LogP) is 7.52. The summed E-state index contributed by atoms with van der Waals surface area (Å²) in [5, 5.41) is 5.12. The van der Waals surface area contributed by atoms with Gasteiger partial charge in [0.1, 0.15) is 5.00 Å². The van der Waals surface area contributed by atoms with Gasteiger partial charge in [0.05, 0.1) is 18.3 Å². The molecule has 0 radical (unpaired) electrons. The van der Waals surface area contributed by atoms with Crippen LogP contribution >= 0.6 is 22.9 Å². The minimum atomic E-state index is -0.253. The fraction of sp³-hybridized carbons (Fsp3) is 0.250. The van der Waals surface area contributed by atoms with E-state index in [1.54, 1.807) is 0 Å². The highest BCUT2D eigenvalue weighted by Gasteiger charge is 2.36. The number of urea groups is 1. The number of nitrogens with zero attached hydrogens (tertiary/aromatic N) is 2. The third kappa shape index (κ3) is 3.64. The van der Waals surface area contributed by atoms with E-state index in [1.165, 1.54) is 33.8 Å². The zero-order chi connectivity index (χ0) is 23.2. The zero-order valence-electron chi connectivity index (χ0n) is 19.1. The Labute approximate surface area is 208 Å². The maximum atomic E-state index is 13.9. The van der Waals surface area contributed by atoms with Crippen molar-refractivity contribution in [2.24, 2.45) is 0 Å². The van der Waals surface area contributed by atoms with Gasteiger partial charge in [-0.15, -0.1) is 11.3 Å². The number of nitrogens with one attached hydrogen (secondary N) is 1. The van der Waals surface area contributed by atoms with Crippen molar-refractivity contribution in [3.05, 3.63) is 105 Å². The van der Waals surface area contributed by atoms with Crippen LogP contribution in [0.25, 0.3) is 5.00 Å². The first-order chi connectivity index (χ1) is 16.6. The largest absolute Gasteiger partial charge is 0.322 e. The van der Waals surface area contributed by atoms with Gasteiger partial charge in [-0.2, -0.15) is 0 Å². The number of aryl methyl sites for hydroxylation is 2. The van der Waals surface area contributed by atoms with Gasteiger partial charge in [-0.3, -0.25) is 0 Å². The van der Waals surface area contributed by atoms with Crippen molar-refractivity contribution in [3.8, 4) is 5.00 Å². The molecule has 0 saturated carbocycles. The number of hydrogen-bond donors (Lipinski definition) is 1. The van der Waals surface area contributed by atoms with Crippen molar-refractivity contribution in [1.82, 2.24) is 9.47 Å². The molecule has 1 atom stereocenters. The zero-order valence-corrected chi connectivity index (χ0v) is 20.6. The Morgan fingerprint density at radius 3 is 2.74 bits per heavy atom. The Kier molecular flexibility index (Phi) is 5.47. The second-order valence-corrected chi connectivity index (χ2v) is 10.6. The van der Waals surface area contributed by atoms with E-state index in [2.05, 4.69) is 34.3 Å². The molecule has 4 aromatic rings. The number of hydrogen-bond acceptors (Lipinski definition) is 2. The third-order valence-electron chi connectivity index (χ3n) is 6.99. The number of carbonyl (C=O) groups excluding carboxylic acids is 1. The summed E-state index contributed by atoms with van der Waals surface area (Å²) >= 11 is 8.32. The lowest BCUT2D eigenvalue weighted by Gasteiger charge is -2.31. The number of anilines is 1. The fourth-order valence-corrected chi connectivity index (χ4v) is 6.92. The number of amides is 2. The van der Waals surface area contributed by atoms with Crippen molar-refractivity contribution in [2.75, 3.05) is 5.32 Å². The summed E-state index contributed by atoms with van der Waals surface area (Å²) in [6.07, 6.45) is 6.81. The molecule has 2 aromatic carbocycles. The topological polar surface area (TPSA) is 37.3 Å². The van der Waals surface area contributed by atoms with Gasteiger partial charge >= 0.3 is 6.03 Å². The van der Waals surface area contributed by atoms with E-state index in [0.717, 1.165) is 35.3 Å². The molecule has 3 heterocycles. The van der Waals surface area contributed by atoms with E-state index in [4.69, 9.17) is 11.6 Å². The molecule has 0 unspecified atom stereocenters. The SMILES string of the molecule is Cc1ccccc1NC(=O)N1Cc2c(sc3c2CCCC3)-n2cccc2[C@@H]1c1cccc(Cl)c1. The molecule has 1 N–H and O–H groups in total. The van der Waals surface area contributed by atoms with Crippen molar-refractivity contribution >= 4 is 34.7 Å². The molecule has 0 saturated heterocycles. The Morgan fingerprint density at radius 1 is 1.03 bits per heavy atom. The number of fused-ring (bicyclic) bond motifs is 5.